The maximum absolute atomic E-state index is 13.4. The minimum absolute atomic E-state index is 0.291. The van der Waals surface area contributed by atoms with E-state index in [-0.39, 0.29) is 6.61 Å². The third kappa shape index (κ3) is 2.07. The van der Waals surface area contributed by atoms with E-state index in [1.807, 2.05) is 0 Å². The fourth-order valence-electron chi connectivity index (χ4n) is 1.03. The van der Waals surface area contributed by atoms with Crippen molar-refractivity contribution in [3.8, 4) is 0 Å². The van der Waals surface area contributed by atoms with Gasteiger partial charge in [0, 0.05) is 5.56 Å². The van der Waals surface area contributed by atoms with Gasteiger partial charge in [-0.15, -0.1) is 0 Å². The van der Waals surface area contributed by atoms with Crippen LogP contribution in [0.25, 0.3) is 0 Å². The Morgan fingerprint density at radius 3 is 2.77 bits per heavy atom. The summed E-state index contributed by atoms with van der Waals surface area (Å²) in [5, 5.41) is 8.96. The summed E-state index contributed by atoms with van der Waals surface area (Å²) < 4.78 is 13.8. The molecule has 1 atom stereocenters. The third-order valence-corrected chi connectivity index (χ3v) is 2.51. The van der Waals surface area contributed by atoms with Gasteiger partial charge in [-0.3, -0.25) is 0 Å². The molecule has 0 aromatic heterocycles. The molecule has 1 aromatic rings. The first-order chi connectivity index (χ1) is 5.99. The number of hydrogen-bond donors (Lipinski definition) is 2. The monoisotopic (exact) mass is 247 g/mol. The highest BCUT2D eigenvalue weighted by molar-refractivity contribution is 9.10. The van der Waals surface area contributed by atoms with Crippen LogP contribution in [0.2, 0.25) is 0 Å². The Hall–Kier alpha value is -0.450. The Bertz CT molecular complexity index is 314. The summed E-state index contributed by atoms with van der Waals surface area (Å²) in [7, 11) is 0. The van der Waals surface area contributed by atoms with Gasteiger partial charge in [-0.2, -0.15) is 0 Å². The molecule has 1 unspecified atom stereocenters. The lowest BCUT2D eigenvalue weighted by atomic mass is 9.94. The normalized spacial score (nSPS) is 15.5. The molecule has 0 radical (unpaired) electrons. The molecule has 2 nitrogen and oxygen atoms in total. The average molecular weight is 248 g/mol. The smallest absolute Gasteiger partial charge is 0.142 e. The van der Waals surface area contributed by atoms with E-state index in [9.17, 15) is 4.39 Å². The molecule has 72 valence electrons. The highest BCUT2D eigenvalue weighted by Crippen LogP contribution is 2.25. The van der Waals surface area contributed by atoms with Crippen molar-refractivity contribution in [1.82, 2.24) is 0 Å². The minimum atomic E-state index is -1.03. The summed E-state index contributed by atoms with van der Waals surface area (Å²) in [6, 6.07) is 4.84. The summed E-state index contributed by atoms with van der Waals surface area (Å²) in [5.74, 6) is -0.415. The van der Waals surface area contributed by atoms with Crippen LogP contribution >= 0.6 is 15.9 Å². The van der Waals surface area contributed by atoms with Gasteiger partial charge in [-0.25, -0.2) is 4.39 Å². The molecule has 0 spiro atoms. The van der Waals surface area contributed by atoms with Crippen LogP contribution < -0.4 is 5.73 Å². The summed E-state index contributed by atoms with van der Waals surface area (Å²) in [6.45, 7) is 1.29. The zero-order valence-corrected chi connectivity index (χ0v) is 8.81. The Morgan fingerprint density at radius 1 is 1.62 bits per heavy atom. The second-order valence-electron chi connectivity index (χ2n) is 3.18. The van der Waals surface area contributed by atoms with Crippen molar-refractivity contribution in [1.29, 1.82) is 0 Å². The average Bonchev–Trinajstić information content (AvgIpc) is 2.09. The molecule has 1 rings (SSSR count). The van der Waals surface area contributed by atoms with Crippen molar-refractivity contribution in [2.45, 2.75) is 12.5 Å². The maximum Gasteiger partial charge on any atom is 0.142 e. The third-order valence-electron chi connectivity index (χ3n) is 1.90. The molecule has 0 amide bonds. The van der Waals surface area contributed by atoms with Gasteiger partial charge >= 0.3 is 0 Å². The van der Waals surface area contributed by atoms with Crippen LogP contribution in [0.4, 0.5) is 4.39 Å². The predicted molar refractivity (Wildman–Crippen MR) is 52.7 cm³/mol. The van der Waals surface area contributed by atoms with E-state index < -0.39 is 11.4 Å². The van der Waals surface area contributed by atoms with Gasteiger partial charge in [0.2, 0.25) is 0 Å². The molecule has 13 heavy (non-hydrogen) atoms. The molecule has 1 aromatic carbocycles. The van der Waals surface area contributed by atoms with Crippen LogP contribution in [0.15, 0.2) is 22.7 Å². The number of hydrogen-bond acceptors (Lipinski definition) is 2. The van der Waals surface area contributed by atoms with Crippen molar-refractivity contribution in [3.63, 3.8) is 0 Å². The molecule has 3 N–H and O–H groups in total. The number of aliphatic hydroxyl groups is 1. The second-order valence-corrected chi connectivity index (χ2v) is 4.03. The largest absolute Gasteiger partial charge is 0.394 e. The minimum Gasteiger partial charge on any atom is -0.394 e. The zero-order chi connectivity index (χ0) is 10.1. The Kier molecular flexibility index (Phi) is 3.05. The summed E-state index contributed by atoms with van der Waals surface area (Å²) in [6.07, 6.45) is 0. The molecular weight excluding hydrogens is 237 g/mol. The van der Waals surface area contributed by atoms with E-state index in [1.54, 1.807) is 25.1 Å². The quantitative estimate of drug-likeness (QED) is 0.837. The first-order valence-corrected chi connectivity index (χ1v) is 4.62. The fourth-order valence-corrected chi connectivity index (χ4v) is 1.40. The molecule has 0 bridgehead atoms. The van der Waals surface area contributed by atoms with Crippen LogP contribution in [0.5, 0.6) is 0 Å². The molecular formula is C9H11BrFNO. The second kappa shape index (κ2) is 3.74. The fraction of sp³-hybridized carbons (Fsp3) is 0.333. The van der Waals surface area contributed by atoms with Crippen LogP contribution in [0.1, 0.15) is 12.5 Å². The van der Waals surface area contributed by atoms with Crippen LogP contribution in [-0.4, -0.2) is 11.7 Å². The van der Waals surface area contributed by atoms with Crippen LogP contribution in [0, 0.1) is 5.82 Å². The zero-order valence-electron chi connectivity index (χ0n) is 7.22. The van der Waals surface area contributed by atoms with Crippen molar-refractivity contribution in [3.05, 3.63) is 34.1 Å². The van der Waals surface area contributed by atoms with E-state index >= 15 is 0 Å². The lowest BCUT2D eigenvalue weighted by Crippen LogP contribution is -2.37. The van der Waals surface area contributed by atoms with Crippen molar-refractivity contribution < 1.29 is 9.50 Å². The molecule has 0 aliphatic heterocycles. The molecule has 0 heterocycles. The standard InChI is InChI=1S/C9H11BrFNO/c1-9(12,5-13)6-3-2-4-7(10)8(6)11/h2-4,13H,5,12H2,1H3. The topological polar surface area (TPSA) is 46.2 Å². The van der Waals surface area contributed by atoms with Gasteiger partial charge in [-0.1, -0.05) is 12.1 Å². The van der Waals surface area contributed by atoms with Gasteiger partial charge in [0.25, 0.3) is 0 Å². The SMILES string of the molecule is CC(N)(CO)c1cccc(Br)c1F. The van der Waals surface area contributed by atoms with Gasteiger partial charge in [-0.05, 0) is 28.9 Å². The van der Waals surface area contributed by atoms with E-state index in [0.717, 1.165) is 0 Å². The highest BCUT2D eigenvalue weighted by Gasteiger charge is 2.24. The molecule has 4 heteroatoms. The Morgan fingerprint density at radius 2 is 2.23 bits per heavy atom. The highest BCUT2D eigenvalue weighted by atomic mass is 79.9. The summed E-state index contributed by atoms with van der Waals surface area (Å²) >= 11 is 3.06. The van der Waals surface area contributed by atoms with Crippen LogP contribution in [0.3, 0.4) is 0 Å². The Balaban J connectivity index is 3.22. The number of nitrogens with two attached hydrogens (primary N) is 1. The van der Waals surface area contributed by atoms with E-state index in [1.165, 1.54) is 0 Å². The lowest BCUT2D eigenvalue weighted by Gasteiger charge is -2.23. The summed E-state index contributed by atoms with van der Waals surface area (Å²) in [4.78, 5) is 0. The first kappa shape index (κ1) is 10.6. The van der Waals surface area contributed by atoms with E-state index in [4.69, 9.17) is 10.8 Å². The molecule has 0 aliphatic carbocycles. The van der Waals surface area contributed by atoms with Gasteiger partial charge in [0.05, 0.1) is 16.6 Å². The molecule has 0 aliphatic rings. The van der Waals surface area contributed by atoms with Crippen LogP contribution in [-0.2, 0) is 5.54 Å². The van der Waals surface area contributed by atoms with Gasteiger partial charge in [0.1, 0.15) is 5.82 Å². The van der Waals surface area contributed by atoms with Crippen molar-refractivity contribution in [2.75, 3.05) is 6.61 Å². The maximum atomic E-state index is 13.4. The molecule has 0 saturated carbocycles. The number of aliphatic hydroxyl groups excluding tert-OH is 1. The Labute approximate surface area is 84.7 Å². The first-order valence-electron chi connectivity index (χ1n) is 3.83. The number of benzene rings is 1. The van der Waals surface area contributed by atoms with Crippen molar-refractivity contribution in [2.24, 2.45) is 5.73 Å². The van der Waals surface area contributed by atoms with Gasteiger partial charge < -0.3 is 10.8 Å². The number of halogens is 2. The van der Waals surface area contributed by atoms with Crippen molar-refractivity contribution >= 4 is 15.9 Å². The van der Waals surface area contributed by atoms with Gasteiger partial charge in [0.15, 0.2) is 0 Å². The molecule has 0 saturated heterocycles. The molecule has 0 fully saturated rings. The predicted octanol–water partition coefficient (Wildman–Crippen LogP) is 1.75. The summed E-state index contributed by atoms with van der Waals surface area (Å²) in [5.41, 5.74) is 4.97. The van der Waals surface area contributed by atoms with E-state index in [0.29, 0.717) is 10.0 Å². The lowest BCUT2D eigenvalue weighted by molar-refractivity contribution is 0.206. The van der Waals surface area contributed by atoms with E-state index in [2.05, 4.69) is 15.9 Å². The number of rotatable bonds is 2.